The molecule has 124 valence electrons. The zero-order valence-corrected chi connectivity index (χ0v) is 14.5. The molecule has 6 nitrogen and oxygen atoms in total. The summed E-state index contributed by atoms with van der Waals surface area (Å²) in [6.07, 6.45) is 1.88. The molecule has 0 N–H and O–H groups in total. The largest absolute Gasteiger partial charge is 0.341 e. The van der Waals surface area contributed by atoms with Gasteiger partial charge < -0.3 is 9.80 Å². The van der Waals surface area contributed by atoms with Gasteiger partial charge >= 0.3 is 0 Å². The Labute approximate surface area is 139 Å². The summed E-state index contributed by atoms with van der Waals surface area (Å²) in [6.45, 7) is 4.12. The summed E-state index contributed by atoms with van der Waals surface area (Å²) in [6, 6.07) is 2.20. The lowest BCUT2D eigenvalue weighted by Gasteiger charge is -2.22. The van der Waals surface area contributed by atoms with E-state index in [9.17, 15) is 9.59 Å². The lowest BCUT2D eigenvalue weighted by atomic mass is 10.1. The van der Waals surface area contributed by atoms with Gasteiger partial charge in [-0.15, -0.1) is 11.3 Å². The Morgan fingerprint density at radius 1 is 1.43 bits per heavy atom. The lowest BCUT2D eigenvalue weighted by Crippen LogP contribution is -2.36. The highest BCUT2D eigenvalue weighted by Gasteiger charge is 2.33. The Kier molecular flexibility index (Phi) is 4.50. The van der Waals surface area contributed by atoms with E-state index < -0.39 is 0 Å². The van der Waals surface area contributed by atoms with Gasteiger partial charge in [0.1, 0.15) is 4.83 Å². The van der Waals surface area contributed by atoms with Crippen LogP contribution in [-0.2, 0) is 11.3 Å². The summed E-state index contributed by atoms with van der Waals surface area (Å²) < 4.78 is 1.54. The van der Waals surface area contributed by atoms with Crippen molar-refractivity contribution in [3.63, 3.8) is 0 Å². The van der Waals surface area contributed by atoms with Crippen molar-refractivity contribution < 1.29 is 4.79 Å². The SMILES string of the molecule is C[C@@H]1CN(C(=O)CCn2cnc3sccc3c2=O)C[C@H]1N(C)C. The highest BCUT2D eigenvalue weighted by atomic mass is 32.1. The third-order valence-corrected chi connectivity index (χ3v) is 5.43. The molecule has 0 spiro atoms. The zero-order valence-electron chi connectivity index (χ0n) is 13.7. The molecule has 1 fully saturated rings. The van der Waals surface area contributed by atoms with Crippen LogP contribution in [0.1, 0.15) is 13.3 Å². The maximum absolute atomic E-state index is 12.4. The molecule has 2 aromatic heterocycles. The van der Waals surface area contributed by atoms with Crippen molar-refractivity contribution in [2.75, 3.05) is 27.2 Å². The Morgan fingerprint density at radius 2 is 2.22 bits per heavy atom. The molecule has 2 atom stereocenters. The van der Waals surface area contributed by atoms with E-state index in [2.05, 4.69) is 30.9 Å². The van der Waals surface area contributed by atoms with Gasteiger partial charge in [0.25, 0.3) is 5.56 Å². The minimum Gasteiger partial charge on any atom is -0.341 e. The smallest absolute Gasteiger partial charge is 0.262 e. The van der Waals surface area contributed by atoms with Crippen molar-refractivity contribution in [3.05, 3.63) is 28.1 Å². The topological polar surface area (TPSA) is 58.4 Å². The van der Waals surface area contributed by atoms with Crippen molar-refractivity contribution in [1.82, 2.24) is 19.4 Å². The normalized spacial score (nSPS) is 21.5. The predicted molar refractivity (Wildman–Crippen MR) is 91.7 cm³/mol. The first kappa shape index (κ1) is 16.1. The summed E-state index contributed by atoms with van der Waals surface area (Å²) in [5.41, 5.74) is -0.0648. The fourth-order valence-corrected chi connectivity index (χ4v) is 3.98. The van der Waals surface area contributed by atoms with Crippen LogP contribution in [0.15, 0.2) is 22.6 Å². The van der Waals surface area contributed by atoms with Gasteiger partial charge in [-0.25, -0.2) is 4.98 Å². The van der Waals surface area contributed by atoms with Gasteiger partial charge in [-0.2, -0.15) is 0 Å². The summed E-state index contributed by atoms with van der Waals surface area (Å²) in [4.78, 5) is 33.9. The summed E-state index contributed by atoms with van der Waals surface area (Å²) >= 11 is 1.45. The van der Waals surface area contributed by atoms with Crippen LogP contribution in [0.4, 0.5) is 0 Å². The van der Waals surface area contributed by atoms with E-state index in [0.717, 1.165) is 17.9 Å². The van der Waals surface area contributed by atoms with E-state index in [1.54, 1.807) is 12.4 Å². The third-order valence-electron chi connectivity index (χ3n) is 4.61. The van der Waals surface area contributed by atoms with Gasteiger partial charge in [-0.3, -0.25) is 14.2 Å². The summed E-state index contributed by atoms with van der Waals surface area (Å²) in [5, 5.41) is 2.49. The van der Waals surface area contributed by atoms with Crippen molar-refractivity contribution in [2.45, 2.75) is 25.9 Å². The van der Waals surface area contributed by atoms with Gasteiger partial charge in [-0.05, 0) is 31.5 Å². The molecular formula is C16H22N4O2S. The molecule has 0 saturated carbocycles. The average Bonchev–Trinajstić information content (AvgIpc) is 3.13. The van der Waals surface area contributed by atoms with Gasteiger partial charge in [0.2, 0.25) is 5.91 Å². The highest BCUT2D eigenvalue weighted by molar-refractivity contribution is 7.16. The van der Waals surface area contributed by atoms with Crippen molar-refractivity contribution in [3.8, 4) is 0 Å². The second-order valence-corrected chi connectivity index (χ2v) is 7.33. The Balaban J connectivity index is 1.65. The quantitative estimate of drug-likeness (QED) is 0.844. The molecule has 0 aliphatic carbocycles. The fourth-order valence-electron chi connectivity index (χ4n) is 3.25. The van der Waals surface area contributed by atoms with Crippen LogP contribution in [-0.4, -0.2) is 58.5 Å². The molecule has 1 aliphatic heterocycles. The van der Waals surface area contributed by atoms with Gasteiger partial charge in [0.15, 0.2) is 0 Å². The van der Waals surface area contributed by atoms with E-state index in [1.807, 2.05) is 10.3 Å². The number of carbonyl (C=O) groups is 1. The number of likely N-dealkylation sites (tertiary alicyclic amines) is 1. The van der Waals surface area contributed by atoms with Crippen LogP contribution in [0, 0.1) is 5.92 Å². The number of hydrogen-bond acceptors (Lipinski definition) is 5. The maximum Gasteiger partial charge on any atom is 0.262 e. The average molecular weight is 334 g/mol. The molecule has 23 heavy (non-hydrogen) atoms. The Hall–Kier alpha value is -1.73. The van der Waals surface area contributed by atoms with E-state index in [-0.39, 0.29) is 11.5 Å². The van der Waals surface area contributed by atoms with E-state index in [0.29, 0.717) is 30.3 Å². The van der Waals surface area contributed by atoms with Crippen molar-refractivity contribution in [2.24, 2.45) is 5.92 Å². The minimum absolute atomic E-state index is 0.0648. The van der Waals surface area contributed by atoms with E-state index >= 15 is 0 Å². The van der Waals surface area contributed by atoms with Crippen LogP contribution in [0.5, 0.6) is 0 Å². The number of carbonyl (C=O) groups excluding carboxylic acids is 1. The number of fused-ring (bicyclic) bond motifs is 1. The Morgan fingerprint density at radius 3 is 2.91 bits per heavy atom. The minimum atomic E-state index is -0.0648. The monoisotopic (exact) mass is 334 g/mol. The van der Waals surface area contributed by atoms with Gasteiger partial charge in [0, 0.05) is 32.1 Å². The highest BCUT2D eigenvalue weighted by Crippen LogP contribution is 2.20. The predicted octanol–water partition coefficient (Wildman–Crippen LogP) is 1.26. The van der Waals surface area contributed by atoms with Gasteiger partial charge in [-0.1, -0.05) is 6.92 Å². The molecule has 3 heterocycles. The van der Waals surface area contributed by atoms with E-state index in [4.69, 9.17) is 0 Å². The third kappa shape index (κ3) is 3.16. The summed E-state index contributed by atoms with van der Waals surface area (Å²) in [7, 11) is 4.10. The van der Waals surface area contributed by atoms with Crippen LogP contribution in [0.2, 0.25) is 0 Å². The first-order valence-corrected chi connectivity index (χ1v) is 8.72. The molecule has 1 saturated heterocycles. The number of hydrogen-bond donors (Lipinski definition) is 0. The molecule has 1 amide bonds. The second kappa shape index (κ2) is 6.41. The lowest BCUT2D eigenvalue weighted by molar-refractivity contribution is -0.130. The number of rotatable bonds is 4. The van der Waals surface area contributed by atoms with Crippen LogP contribution in [0.25, 0.3) is 10.2 Å². The molecule has 1 aliphatic rings. The first-order valence-electron chi connectivity index (χ1n) is 7.84. The fraction of sp³-hybridized carbons (Fsp3) is 0.562. The van der Waals surface area contributed by atoms with Crippen molar-refractivity contribution >= 4 is 27.5 Å². The Bertz CT molecular complexity index is 767. The molecular weight excluding hydrogens is 312 g/mol. The van der Waals surface area contributed by atoms with E-state index in [1.165, 1.54) is 15.9 Å². The number of likely N-dealkylation sites (N-methyl/N-ethyl adjacent to an activating group) is 1. The van der Waals surface area contributed by atoms with Crippen LogP contribution in [0.3, 0.4) is 0 Å². The molecule has 3 rings (SSSR count). The second-order valence-electron chi connectivity index (χ2n) is 6.44. The molecule has 0 bridgehead atoms. The molecule has 2 aromatic rings. The standard InChI is InChI=1S/C16H22N4O2S/c1-11-8-20(9-13(11)18(2)3)14(21)4-6-19-10-17-15-12(16(19)22)5-7-23-15/h5,7,10-11,13H,4,6,8-9H2,1-3H3/t11-,13-/m1/s1. The number of aryl methyl sites for hydroxylation is 1. The van der Waals surface area contributed by atoms with Gasteiger partial charge in [0.05, 0.1) is 11.7 Å². The van der Waals surface area contributed by atoms with Crippen LogP contribution >= 0.6 is 11.3 Å². The number of nitrogens with zero attached hydrogens (tertiary/aromatic N) is 4. The molecule has 0 unspecified atom stereocenters. The maximum atomic E-state index is 12.4. The first-order chi connectivity index (χ1) is 11.0. The number of aromatic nitrogens is 2. The van der Waals surface area contributed by atoms with Crippen LogP contribution < -0.4 is 5.56 Å². The zero-order chi connectivity index (χ0) is 16.6. The molecule has 7 heteroatoms. The number of thiophene rings is 1. The molecule has 0 radical (unpaired) electrons. The molecule has 0 aromatic carbocycles. The number of amides is 1. The summed E-state index contributed by atoms with van der Waals surface area (Å²) in [5.74, 6) is 0.582. The van der Waals surface area contributed by atoms with Crippen molar-refractivity contribution in [1.29, 1.82) is 0 Å².